The highest BCUT2D eigenvalue weighted by Crippen LogP contribution is 2.34. The molecule has 3 rings (SSSR count). The maximum absolute atomic E-state index is 12.5. The Bertz CT molecular complexity index is 1030. The van der Waals surface area contributed by atoms with Gasteiger partial charge in [-0.15, -0.1) is 0 Å². The number of hydrogen-bond donors (Lipinski definition) is 1. The van der Waals surface area contributed by atoms with Gasteiger partial charge < -0.3 is 9.73 Å². The Morgan fingerprint density at radius 3 is 2.34 bits per heavy atom. The third-order valence-electron chi connectivity index (χ3n) is 5.09. The number of benzene rings is 2. The van der Waals surface area contributed by atoms with Gasteiger partial charge >= 0.3 is 0 Å². The van der Waals surface area contributed by atoms with Crippen LogP contribution in [0.1, 0.15) is 59.1 Å². The minimum Gasteiger partial charge on any atom is -0.444 e. The first-order chi connectivity index (χ1) is 13.6. The van der Waals surface area contributed by atoms with Crippen molar-refractivity contribution >= 4 is 17.7 Å². The van der Waals surface area contributed by atoms with Crippen molar-refractivity contribution in [3.63, 3.8) is 0 Å². The zero-order valence-corrected chi connectivity index (χ0v) is 18.9. The smallest absolute Gasteiger partial charge is 0.287 e. The Hall–Kier alpha value is -2.46. The number of carbonyl (C=O) groups excluding carboxylic acids is 1. The van der Waals surface area contributed by atoms with Gasteiger partial charge in [0.2, 0.25) is 0 Å². The highest BCUT2D eigenvalue weighted by Gasteiger charge is 2.17. The molecular formula is C25H29NO2S. The molecule has 2 aromatic carbocycles. The van der Waals surface area contributed by atoms with Crippen LogP contribution in [-0.2, 0) is 12.0 Å². The molecule has 4 heteroatoms. The van der Waals surface area contributed by atoms with Gasteiger partial charge in [-0.1, -0.05) is 62.9 Å². The number of hydrogen-bond acceptors (Lipinski definition) is 3. The first-order valence-corrected chi connectivity index (χ1v) is 10.7. The number of rotatable bonds is 5. The van der Waals surface area contributed by atoms with Crippen LogP contribution in [0, 0.1) is 20.8 Å². The van der Waals surface area contributed by atoms with E-state index in [2.05, 4.69) is 77.2 Å². The van der Waals surface area contributed by atoms with E-state index in [1.54, 1.807) is 17.8 Å². The molecule has 3 nitrogen and oxygen atoms in total. The molecule has 0 radical (unpaired) electrons. The van der Waals surface area contributed by atoms with E-state index in [1.807, 2.05) is 12.1 Å². The van der Waals surface area contributed by atoms with E-state index in [4.69, 9.17) is 4.42 Å². The molecule has 0 saturated heterocycles. The molecule has 0 saturated carbocycles. The molecule has 1 heterocycles. The lowest BCUT2D eigenvalue weighted by Gasteiger charge is -2.20. The summed E-state index contributed by atoms with van der Waals surface area (Å²) in [5, 5.41) is 3.66. The average molecular weight is 408 g/mol. The molecule has 1 N–H and O–H groups in total. The molecule has 0 aliphatic carbocycles. The molecule has 0 aliphatic rings. The van der Waals surface area contributed by atoms with Crippen LogP contribution in [0.3, 0.4) is 0 Å². The topological polar surface area (TPSA) is 42.2 Å². The molecule has 0 fully saturated rings. The molecule has 1 amide bonds. The molecule has 0 aliphatic heterocycles. The Labute approximate surface area is 177 Å². The van der Waals surface area contributed by atoms with Gasteiger partial charge in [-0.25, -0.2) is 0 Å². The van der Waals surface area contributed by atoms with Crippen molar-refractivity contribution in [2.24, 2.45) is 0 Å². The summed E-state index contributed by atoms with van der Waals surface area (Å²) in [6.45, 7) is 13.3. The van der Waals surface area contributed by atoms with Crippen molar-refractivity contribution in [1.82, 2.24) is 5.32 Å². The number of aryl methyl sites for hydroxylation is 3. The largest absolute Gasteiger partial charge is 0.444 e. The van der Waals surface area contributed by atoms with Crippen molar-refractivity contribution in [2.75, 3.05) is 0 Å². The number of amides is 1. The Balaban J connectivity index is 1.67. The molecule has 152 valence electrons. The molecule has 29 heavy (non-hydrogen) atoms. The van der Waals surface area contributed by atoms with Gasteiger partial charge in [0.25, 0.3) is 5.91 Å². The van der Waals surface area contributed by atoms with Gasteiger partial charge in [-0.05, 0) is 72.2 Å². The van der Waals surface area contributed by atoms with Crippen LogP contribution in [0.15, 0.2) is 62.9 Å². The standard InChI is InChI=1S/C25H29NO2S/c1-16-7-9-19(13-18(16)3)15-26-24(27)21-11-12-23(28-21)29-22-14-20(25(4,5)6)10-8-17(22)2/h7-14H,15H2,1-6H3,(H,26,27). The van der Waals surface area contributed by atoms with Crippen molar-refractivity contribution in [3.05, 3.63) is 82.1 Å². The summed E-state index contributed by atoms with van der Waals surface area (Å²) >= 11 is 1.55. The average Bonchev–Trinajstić information content (AvgIpc) is 3.12. The van der Waals surface area contributed by atoms with Gasteiger partial charge in [0.1, 0.15) is 0 Å². The van der Waals surface area contributed by atoms with Crippen LogP contribution in [0.25, 0.3) is 0 Å². The van der Waals surface area contributed by atoms with Gasteiger partial charge in [0, 0.05) is 11.4 Å². The number of furan rings is 1. The quantitative estimate of drug-likeness (QED) is 0.519. The second-order valence-corrected chi connectivity index (χ2v) is 9.60. The second kappa shape index (κ2) is 8.50. The van der Waals surface area contributed by atoms with Gasteiger partial charge in [-0.3, -0.25) is 4.79 Å². The third-order valence-corrected chi connectivity index (χ3v) is 6.17. The first-order valence-electron chi connectivity index (χ1n) is 9.86. The van der Waals surface area contributed by atoms with Crippen LogP contribution in [-0.4, -0.2) is 5.91 Å². The fourth-order valence-electron chi connectivity index (χ4n) is 2.96. The summed E-state index contributed by atoms with van der Waals surface area (Å²) in [6.07, 6.45) is 0. The monoisotopic (exact) mass is 407 g/mol. The van der Waals surface area contributed by atoms with Gasteiger partial charge in [-0.2, -0.15) is 0 Å². The fraction of sp³-hybridized carbons (Fsp3) is 0.320. The number of carbonyl (C=O) groups is 1. The van der Waals surface area contributed by atoms with E-state index in [1.165, 1.54) is 22.3 Å². The third kappa shape index (κ3) is 5.33. The van der Waals surface area contributed by atoms with Crippen LogP contribution in [0.2, 0.25) is 0 Å². The lowest BCUT2D eigenvalue weighted by Crippen LogP contribution is -2.22. The SMILES string of the molecule is Cc1ccc(CNC(=O)c2ccc(Sc3cc(C(C)(C)C)ccc3C)o2)cc1C. The van der Waals surface area contributed by atoms with Crippen molar-refractivity contribution in [2.45, 2.75) is 63.5 Å². The van der Waals surface area contributed by atoms with Crippen LogP contribution >= 0.6 is 11.8 Å². The first kappa shape index (κ1) is 21.3. The normalized spacial score (nSPS) is 11.5. The van der Waals surface area contributed by atoms with Crippen molar-refractivity contribution in [1.29, 1.82) is 0 Å². The van der Waals surface area contributed by atoms with E-state index in [0.717, 1.165) is 15.6 Å². The van der Waals surface area contributed by atoms with Gasteiger partial charge in [0.15, 0.2) is 10.9 Å². The van der Waals surface area contributed by atoms with Crippen LogP contribution in [0.4, 0.5) is 0 Å². The number of nitrogens with one attached hydrogen (secondary N) is 1. The molecule has 1 aromatic heterocycles. The summed E-state index contributed by atoms with van der Waals surface area (Å²) < 4.78 is 5.81. The Morgan fingerprint density at radius 2 is 1.66 bits per heavy atom. The molecule has 3 aromatic rings. The molecule has 0 unspecified atom stereocenters. The summed E-state index contributed by atoms with van der Waals surface area (Å²) in [5.41, 5.74) is 6.12. The maximum atomic E-state index is 12.5. The molecule has 0 atom stereocenters. The van der Waals surface area contributed by atoms with Crippen LogP contribution < -0.4 is 5.32 Å². The fourth-order valence-corrected chi connectivity index (χ4v) is 3.86. The predicted molar refractivity (Wildman–Crippen MR) is 120 cm³/mol. The van der Waals surface area contributed by atoms with Crippen molar-refractivity contribution in [3.8, 4) is 0 Å². The van der Waals surface area contributed by atoms with Crippen molar-refractivity contribution < 1.29 is 9.21 Å². The van der Waals surface area contributed by atoms with E-state index in [-0.39, 0.29) is 11.3 Å². The zero-order valence-electron chi connectivity index (χ0n) is 18.1. The van der Waals surface area contributed by atoms with E-state index in [0.29, 0.717) is 12.3 Å². The molecular weight excluding hydrogens is 378 g/mol. The molecule has 0 bridgehead atoms. The summed E-state index contributed by atoms with van der Waals surface area (Å²) in [7, 11) is 0. The van der Waals surface area contributed by atoms with E-state index >= 15 is 0 Å². The van der Waals surface area contributed by atoms with E-state index in [9.17, 15) is 4.79 Å². The van der Waals surface area contributed by atoms with E-state index < -0.39 is 0 Å². The van der Waals surface area contributed by atoms with Crippen LogP contribution in [0.5, 0.6) is 0 Å². The summed E-state index contributed by atoms with van der Waals surface area (Å²) in [5.74, 6) is 0.135. The lowest BCUT2D eigenvalue weighted by atomic mass is 9.87. The summed E-state index contributed by atoms with van der Waals surface area (Å²) in [6, 6.07) is 16.3. The predicted octanol–water partition coefficient (Wildman–Crippen LogP) is 6.58. The highest BCUT2D eigenvalue weighted by molar-refractivity contribution is 7.99. The zero-order chi connectivity index (χ0) is 21.2. The minimum absolute atomic E-state index is 0.0888. The van der Waals surface area contributed by atoms with Gasteiger partial charge in [0.05, 0.1) is 0 Å². The molecule has 0 spiro atoms. The maximum Gasteiger partial charge on any atom is 0.287 e. The Morgan fingerprint density at radius 1 is 0.931 bits per heavy atom. The lowest BCUT2D eigenvalue weighted by molar-refractivity contribution is 0.0918. The highest BCUT2D eigenvalue weighted by atomic mass is 32.2. The minimum atomic E-state index is -0.199. The Kier molecular flexibility index (Phi) is 6.23. The second-order valence-electron chi connectivity index (χ2n) is 8.55. The summed E-state index contributed by atoms with van der Waals surface area (Å²) in [4.78, 5) is 13.6.